The number of nitrogens with zero attached hydrogens (tertiary/aromatic N) is 2. The number of phenolic OH excluding ortho intramolecular Hbond substituents is 1. The van der Waals surface area contributed by atoms with E-state index in [9.17, 15) is 15.2 Å². The number of phenols is 1. The largest absolute Gasteiger partial charge is 0.508 e. The maximum Gasteiger partial charge on any atom is 0.290 e. The minimum Gasteiger partial charge on any atom is -0.508 e. The second-order valence-corrected chi connectivity index (χ2v) is 4.46. The highest BCUT2D eigenvalue weighted by molar-refractivity contribution is 5.46. The maximum atomic E-state index is 10.7. The Kier molecular flexibility index (Phi) is 4.14. The number of aromatic nitrogens is 1. The van der Waals surface area contributed by atoms with Crippen LogP contribution in [0.2, 0.25) is 0 Å². The number of anilines is 1. The Morgan fingerprint density at radius 1 is 1.35 bits per heavy atom. The van der Waals surface area contributed by atoms with E-state index in [0.717, 1.165) is 12.0 Å². The zero-order chi connectivity index (χ0) is 14.5. The lowest BCUT2D eigenvalue weighted by Crippen LogP contribution is -2.07. The number of pyridine rings is 1. The molecule has 2 aromatic rings. The topological polar surface area (TPSA) is 88.3 Å². The molecular formula is C14H15N3O3. The van der Waals surface area contributed by atoms with Crippen LogP contribution in [-0.2, 0) is 6.42 Å². The molecule has 0 atom stereocenters. The number of rotatable bonds is 5. The summed E-state index contributed by atoms with van der Waals surface area (Å²) in [4.78, 5) is 14.3. The number of nitrogens with one attached hydrogen (secondary N) is 1. The smallest absolute Gasteiger partial charge is 0.290 e. The lowest BCUT2D eigenvalue weighted by molar-refractivity contribution is -0.385. The Bertz CT molecular complexity index is 612. The summed E-state index contributed by atoms with van der Waals surface area (Å²) >= 11 is 0. The zero-order valence-corrected chi connectivity index (χ0v) is 11.0. The number of hydrogen-bond donors (Lipinski definition) is 2. The van der Waals surface area contributed by atoms with Crippen molar-refractivity contribution in [2.75, 3.05) is 11.9 Å². The molecule has 0 unspecified atom stereocenters. The molecule has 6 nitrogen and oxygen atoms in total. The van der Waals surface area contributed by atoms with Gasteiger partial charge in [0.25, 0.3) is 5.69 Å². The average Bonchev–Trinajstić information content (AvgIpc) is 2.41. The number of benzene rings is 1. The molecule has 0 spiro atoms. The Balaban J connectivity index is 1.92. The molecule has 2 rings (SSSR count). The van der Waals surface area contributed by atoms with Crippen molar-refractivity contribution >= 4 is 11.5 Å². The van der Waals surface area contributed by atoms with Gasteiger partial charge in [0, 0.05) is 12.1 Å². The van der Waals surface area contributed by atoms with Crippen molar-refractivity contribution < 1.29 is 10.0 Å². The van der Waals surface area contributed by atoms with Crippen molar-refractivity contribution in [3.05, 3.63) is 57.8 Å². The Morgan fingerprint density at radius 2 is 2.05 bits per heavy atom. The van der Waals surface area contributed by atoms with Gasteiger partial charge >= 0.3 is 0 Å². The number of nitro groups is 1. The van der Waals surface area contributed by atoms with Crippen molar-refractivity contribution in [2.24, 2.45) is 0 Å². The normalized spacial score (nSPS) is 10.2. The van der Waals surface area contributed by atoms with Crippen LogP contribution in [0.1, 0.15) is 11.1 Å². The summed E-state index contributed by atoms with van der Waals surface area (Å²) in [5.74, 6) is 0.862. The highest BCUT2D eigenvalue weighted by Gasteiger charge is 2.10. The third-order valence-corrected chi connectivity index (χ3v) is 2.94. The third-order valence-electron chi connectivity index (χ3n) is 2.94. The summed E-state index contributed by atoms with van der Waals surface area (Å²) in [7, 11) is 0. The molecular weight excluding hydrogens is 258 g/mol. The van der Waals surface area contributed by atoms with Crippen molar-refractivity contribution in [2.45, 2.75) is 13.3 Å². The van der Waals surface area contributed by atoms with Gasteiger partial charge in [0.15, 0.2) is 0 Å². The van der Waals surface area contributed by atoms with Gasteiger partial charge in [-0.3, -0.25) is 10.1 Å². The molecule has 1 aromatic carbocycles. The van der Waals surface area contributed by atoms with E-state index in [0.29, 0.717) is 17.9 Å². The van der Waals surface area contributed by atoms with Crippen LogP contribution in [0.5, 0.6) is 5.75 Å². The van der Waals surface area contributed by atoms with E-state index in [1.54, 1.807) is 25.1 Å². The molecule has 0 aliphatic heterocycles. The van der Waals surface area contributed by atoms with Gasteiger partial charge in [-0.2, -0.15) is 0 Å². The van der Waals surface area contributed by atoms with Gasteiger partial charge in [0.1, 0.15) is 17.8 Å². The number of hydrogen-bond acceptors (Lipinski definition) is 5. The molecule has 6 heteroatoms. The van der Waals surface area contributed by atoms with Gasteiger partial charge in [-0.1, -0.05) is 12.1 Å². The molecule has 1 heterocycles. The molecule has 0 fully saturated rings. The highest BCUT2D eigenvalue weighted by atomic mass is 16.6. The lowest BCUT2D eigenvalue weighted by Gasteiger charge is -2.06. The van der Waals surface area contributed by atoms with E-state index in [1.807, 2.05) is 12.1 Å². The molecule has 104 valence electrons. The quantitative estimate of drug-likeness (QED) is 0.645. The molecule has 2 N–H and O–H groups in total. The van der Waals surface area contributed by atoms with Crippen LogP contribution < -0.4 is 5.32 Å². The minimum atomic E-state index is -0.442. The highest BCUT2D eigenvalue weighted by Crippen LogP contribution is 2.18. The van der Waals surface area contributed by atoms with E-state index in [2.05, 4.69) is 10.3 Å². The first-order valence-corrected chi connectivity index (χ1v) is 6.19. The monoisotopic (exact) mass is 273 g/mol. The molecule has 20 heavy (non-hydrogen) atoms. The van der Waals surface area contributed by atoms with Crippen LogP contribution in [0.25, 0.3) is 0 Å². The van der Waals surface area contributed by atoms with Crippen LogP contribution in [-0.4, -0.2) is 21.6 Å². The molecule has 1 aromatic heterocycles. The predicted molar refractivity (Wildman–Crippen MR) is 75.9 cm³/mol. The van der Waals surface area contributed by atoms with E-state index >= 15 is 0 Å². The van der Waals surface area contributed by atoms with Crippen LogP contribution in [0.4, 0.5) is 11.5 Å². The van der Waals surface area contributed by atoms with Gasteiger partial charge in [0.2, 0.25) is 0 Å². The van der Waals surface area contributed by atoms with E-state index in [-0.39, 0.29) is 11.4 Å². The molecule has 0 radical (unpaired) electrons. The van der Waals surface area contributed by atoms with Gasteiger partial charge in [0.05, 0.1) is 4.92 Å². The summed E-state index contributed by atoms with van der Waals surface area (Å²) in [5.41, 5.74) is 1.69. The Labute approximate surface area is 116 Å². The van der Waals surface area contributed by atoms with Gasteiger partial charge in [-0.05, 0) is 37.1 Å². The SMILES string of the molecule is Cc1cc(NCCc2ccc(O)cc2)ncc1[N+](=O)[O-]. The van der Waals surface area contributed by atoms with Gasteiger partial charge in [-0.25, -0.2) is 4.98 Å². The van der Waals surface area contributed by atoms with Crippen molar-refractivity contribution in [3.63, 3.8) is 0 Å². The van der Waals surface area contributed by atoms with Crippen LogP contribution in [0.3, 0.4) is 0 Å². The molecule has 0 saturated carbocycles. The fraction of sp³-hybridized carbons (Fsp3) is 0.214. The first-order chi connectivity index (χ1) is 9.56. The summed E-state index contributed by atoms with van der Waals surface area (Å²) < 4.78 is 0. The molecule has 0 amide bonds. The zero-order valence-electron chi connectivity index (χ0n) is 11.0. The van der Waals surface area contributed by atoms with E-state index < -0.39 is 4.92 Å². The number of aromatic hydroxyl groups is 1. The van der Waals surface area contributed by atoms with Crippen LogP contribution in [0, 0.1) is 17.0 Å². The fourth-order valence-electron chi connectivity index (χ4n) is 1.83. The summed E-state index contributed by atoms with van der Waals surface area (Å²) in [5, 5.41) is 23.0. The third kappa shape index (κ3) is 3.44. The summed E-state index contributed by atoms with van der Waals surface area (Å²) in [6.45, 7) is 2.35. The van der Waals surface area contributed by atoms with Crippen molar-refractivity contribution in [1.29, 1.82) is 0 Å². The summed E-state index contributed by atoms with van der Waals surface area (Å²) in [6.07, 6.45) is 2.04. The standard InChI is InChI=1S/C14H15N3O3/c1-10-8-14(16-9-13(10)17(19)20)15-7-6-11-2-4-12(18)5-3-11/h2-5,8-9,18H,6-7H2,1H3,(H,15,16). The second-order valence-electron chi connectivity index (χ2n) is 4.46. The van der Waals surface area contributed by atoms with E-state index in [1.165, 1.54) is 6.20 Å². The first-order valence-electron chi connectivity index (χ1n) is 6.19. The average molecular weight is 273 g/mol. The predicted octanol–water partition coefficient (Wildman–Crippen LogP) is 2.66. The lowest BCUT2D eigenvalue weighted by atomic mass is 10.1. The number of aryl methyl sites for hydroxylation is 1. The first kappa shape index (κ1) is 13.8. The molecule has 0 aliphatic carbocycles. The van der Waals surface area contributed by atoms with Crippen LogP contribution in [0.15, 0.2) is 36.5 Å². The van der Waals surface area contributed by atoms with Gasteiger partial charge < -0.3 is 10.4 Å². The molecule has 0 saturated heterocycles. The van der Waals surface area contributed by atoms with E-state index in [4.69, 9.17) is 0 Å². The Morgan fingerprint density at radius 3 is 2.65 bits per heavy atom. The fourth-order valence-corrected chi connectivity index (χ4v) is 1.83. The van der Waals surface area contributed by atoms with Crippen LogP contribution >= 0.6 is 0 Å². The Hall–Kier alpha value is -2.63. The maximum absolute atomic E-state index is 10.7. The van der Waals surface area contributed by atoms with Crippen molar-refractivity contribution in [3.8, 4) is 5.75 Å². The molecule has 0 aliphatic rings. The minimum absolute atomic E-state index is 0.0223. The molecule has 0 bridgehead atoms. The van der Waals surface area contributed by atoms with Gasteiger partial charge in [-0.15, -0.1) is 0 Å². The summed E-state index contributed by atoms with van der Waals surface area (Å²) in [6, 6.07) is 8.65. The van der Waals surface area contributed by atoms with Crippen molar-refractivity contribution in [1.82, 2.24) is 4.98 Å². The second kappa shape index (κ2) is 6.01.